The lowest BCUT2D eigenvalue weighted by Gasteiger charge is -2.21. The summed E-state index contributed by atoms with van der Waals surface area (Å²) in [5, 5.41) is 3.81. The molecule has 2 nitrogen and oxygen atoms in total. The van der Waals surface area contributed by atoms with Gasteiger partial charge in [-0.05, 0) is 43.9 Å². The zero-order valence-electron chi connectivity index (χ0n) is 8.17. The van der Waals surface area contributed by atoms with E-state index in [9.17, 15) is 0 Å². The van der Waals surface area contributed by atoms with Crippen molar-refractivity contribution in [2.75, 3.05) is 13.2 Å². The van der Waals surface area contributed by atoms with E-state index in [0.29, 0.717) is 6.04 Å². The molecule has 1 saturated heterocycles. The van der Waals surface area contributed by atoms with Crippen molar-refractivity contribution in [3.05, 3.63) is 0 Å². The van der Waals surface area contributed by atoms with Crippen molar-refractivity contribution in [2.24, 2.45) is 11.8 Å². The van der Waals surface area contributed by atoms with Gasteiger partial charge in [0.05, 0.1) is 6.61 Å². The van der Waals surface area contributed by atoms with E-state index in [4.69, 9.17) is 4.74 Å². The normalized spacial score (nSPS) is 34.4. The monoisotopic (exact) mass is 181 g/mol. The molecule has 0 aromatic carbocycles. The molecule has 3 rings (SSSR count). The number of hydrogen-bond acceptors (Lipinski definition) is 2. The van der Waals surface area contributed by atoms with Crippen LogP contribution in [0.3, 0.4) is 0 Å². The van der Waals surface area contributed by atoms with E-state index in [0.717, 1.165) is 31.1 Å². The Hall–Kier alpha value is -0.0800. The largest absolute Gasteiger partial charge is 0.380 e. The maximum Gasteiger partial charge on any atom is 0.0620 e. The van der Waals surface area contributed by atoms with Gasteiger partial charge in [0.15, 0.2) is 0 Å². The second kappa shape index (κ2) is 3.25. The standard InChI is InChI=1S/C11H19NO/c1-2-8(1)11(9-3-4-9)12-10-5-6-13-7-10/h8-12H,1-7H2. The molecule has 1 aliphatic heterocycles. The quantitative estimate of drug-likeness (QED) is 0.710. The lowest BCUT2D eigenvalue weighted by molar-refractivity contribution is 0.186. The SMILES string of the molecule is C1CC(NC(C2CC2)C2CC2)CO1. The highest BCUT2D eigenvalue weighted by atomic mass is 16.5. The molecule has 3 aliphatic rings. The first kappa shape index (κ1) is 8.25. The molecule has 1 heterocycles. The first-order valence-corrected chi connectivity index (χ1v) is 5.77. The maximum absolute atomic E-state index is 5.40. The summed E-state index contributed by atoms with van der Waals surface area (Å²) in [4.78, 5) is 0. The maximum atomic E-state index is 5.40. The van der Waals surface area contributed by atoms with Crippen LogP contribution in [-0.4, -0.2) is 25.3 Å². The minimum atomic E-state index is 0.672. The Bertz CT molecular complexity index is 169. The molecule has 0 spiro atoms. The Balaban J connectivity index is 1.54. The molecular formula is C11H19NO. The van der Waals surface area contributed by atoms with Crippen molar-refractivity contribution in [2.45, 2.75) is 44.2 Å². The van der Waals surface area contributed by atoms with Gasteiger partial charge in [-0.15, -0.1) is 0 Å². The lowest BCUT2D eigenvalue weighted by atomic mass is 10.1. The van der Waals surface area contributed by atoms with Gasteiger partial charge in [-0.2, -0.15) is 0 Å². The molecule has 3 fully saturated rings. The molecule has 1 atom stereocenters. The van der Waals surface area contributed by atoms with Gasteiger partial charge in [-0.25, -0.2) is 0 Å². The highest BCUT2D eigenvalue weighted by molar-refractivity contribution is 4.97. The van der Waals surface area contributed by atoms with Crippen molar-refractivity contribution in [1.82, 2.24) is 5.32 Å². The molecular weight excluding hydrogens is 162 g/mol. The van der Waals surface area contributed by atoms with Gasteiger partial charge in [0.1, 0.15) is 0 Å². The number of hydrogen-bond donors (Lipinski definition) is 1. The van der Waals surface area contributed by atoms with Gasteiger partial charge in [0, 0.05) is 18.7 Å². The Morgan fingerprint density at radius 1 is 1.00 bits per heavy atom. The zero-order chi connectivity index (χ0) is 8.67. The fourth-order valence-corrected chi connectivity index (χ4v) is 2.51. The second-order valence-corrected chi connectivity index (χ2v) is 4.93. The van der Waals surface area contributed by atoms with Crippen molar-refractivity contribution in [1.29, 1.82) is 0 Å². The molecule has 1 unspecified atom stereocenters. The molecule has 0 aromatic heterocycles. The van der Waals surface area contributed by atoms with Crippen LogP contribution in [0.1, 0.15) is 32.1 Å². The Kier molecular flexibility index (Phi) is 2.06. The lowest BCUT2D eigenvalue weighted by Crippen LogP contribution is -2.41. The topological polar surface area (TPSA) is 21.3 Å². The Labute approximate surface area is 80.0 Å². The summed E-state index contributed by atoms with van der Waals surface area (Å²) < 4.78 is 5.40. The van der Waals surface area contributed by atoms with Gasteiger partial charge in [-0.1, -0.05) is 0 Å². The van der Waals surface area contributed by atoms with Crippen LogP contribution >= 0.6 is 0 Å². The van der Waals surface area contributed by atoms with E-state index in [1.807, 2.05) is 0 Å². The molecule has 0 amide bonds. The predicted octanol–water partition coefficient (Wildman–Crippen LogP) is 1.55. The Morgan fingerprint density at radius 3 is 2.15 bits per heavy atom. The van der Waals surface area contributed by atoms with Crippen LogP contribution in [0.5, 0.6) is 0 Å². The van der Waals surface area contributed by atoms with Crippen LogP contribution in [0.4, 0.5) is 0 Å². The van der Waals surface area contributed by atoms with Crippen molar-refractivity contribution < 1.29 is 4.74 Å². The summed E-state index contributed by atoms with van der Waals surface area (Å²) in [5.74, 6) is 2.04. The summed E-state index contributed by atoms with van der Waals surface area (Å²) in [6.45, 7) is 1.93. The van der Waals surface area contributed by atoms with E-state index in [2.05, 4.69) is 5.32 Å². The van der Waals surface area contributed by atoms with Gasteiger partial charge in [-0.3, -0.25) is 0 Å². The Morgan fingerprint density at radius 2 is 1.69 bits per heavy atom. The van der Waals surface area contributed by atoms with E-state index < -0.39 is 0 Å². The third kappa shape index (κ3) is 1.89. The van der Waals surface area contributed by atoms with Crippen molar-refractivity contribution >= 4 is 0 Å². The molecule has 0 bridgehead atoms. The molecule has 2 aliphatic carbocycles. The molecule has 1 N–H and O–H groups in total. The van der Waals surface area contributed by atoms with Crippen LogP contribution in [0.2, 0.25) is 0 Å². The minimum Gasteiger partial charge on any atom is -0.380 e. The van der Waals surface area contributed by atoms with E-state index in [-0.39, 0.29) is 0 Å². The summed E-state index contributed by atoms with van der Waals surface area (Å²) in [7, 11) is 0. The van der Waals surface area contributed by atoms with Gasteiger partial charge < -0.3 is 10.1 Å². The molecule has 74 valence electrons. The highest BCUT2D eigenvalue weighted by Gasteiger charge is 2.42. The molecule has 0 radical (unpaired) electrons. The summed E-state index contributed by atoms with van der Waals surface area (Å²) in [6.07, 6.45) is 7.13. The summed E-state index contributed by atoms with van der Waals surface area (Å²) >= 11 is 0. The second-order valence-electron chi connectivity index (χ2n) is 4.93. The third-order valence-corrected chi connectivity index (χ3v) is 3.62. The van der Waals surface area contributed by atoms with E-state index in [1.54, 1.807) is 0 Å². The van der Waals surface area contributed by atoms with Crippen molar-refractivity contribution in [3.8, 4) is 0 Å². The summed E-state index contributed by atoms with van der Waals surface area (Å²) in [6, 6.07) is 1.53. The average Bonchev–Trinajstić information content (AvgIpc) is 3.04. The number of rotatable bonds is 4. The molecule has 13 heavy (non-hydrogen) atoms. The fourth-order valence-electron chi connectivity index (χ4n) is 2.51. The van der Waals surface area contributed by atoms with Crippen LogP contribution in [0, 0.1) is 11.8 Å². The molecule has 2 heteroatoms. The zero-order valence-corrected chi connectivity index (χ0v) is 8.17. The van der Waals surface area contributed by atoms with Crippen LogP contribution < -0.4 is 5.32 Å². The average molecular weight is 181 g/mol. The first-order valence-electron chi connectivity index (χ1n) is 5.77. The van der Waals surface area contributed by atoms with Gasteiger partial charge in [0.25, 0.3) is 0 Å². The van der Waals surface area contributed by atoms with Crippen LogP contribution in [-0.2, 0) is 4.74 Å². The third-order valence-electron chi connectivity index (χ3n) is 3.62. The van der Waals surface area contributed by atoms with E-state index in [1.165, 1.54) is 32.1 Å². The number of nitrogens with one attached hydrogen (secondary N) is 1. The van der Waals surface area contributed by atoms with Gasteiger partial charge in [0.2, 0.25) is 0 Å². The predicted molar refractivity (Wildman–Crippen MR) is 51.6 cm³/mol. The summed E-state index contributed by atoms with van der Waals surface area (Å²) in [5.41, 5.74) is 0. The number of ether oxygens (including phenoxy) is 1. The fraction of sp³-hybridized carbons (Fsp3) is 1.00. The minimum absolute atomic E-state index is 0.672. The highest BCUT2D eigenvalue weighted by Crippen LogP contribution is 2.44. The van der Waals surface area contributed by atoms with Gasteiger partial charge >= 0.3 is 0 Å². The molecule has 0 aromatic rings. The van der Waals surface area contributed by atoms with Crippen molar-refractivity contribution in [3.63, 3.8) is 0 Å². The first-order chi connectivity index (χ1) is 6.43. The molecule has 2 saturated carbocycles. The van der Waals surface area contributed by atoms with Crippen LogP contribution in [0.15, 0.2) is 0 Å². The van der Waals surface area contributed by atoms with Crippen LogP contribution in [0.25, 0.3) is 0 Å². The smallest absolute Gasteiger partial charge is 0.0620 e. The van der Waals surface area contributed by atoms with E-state index >= 15 is 0 Å².